The number of nitrogens with zero attached hydrogens (tertiary/aromatic N) is 1. The minimum Gasteiger partial charge on any atom is -0.489 e. The van der Waals surface area contributed by atoms with Crippen molar-refractivity contribution in [3.8, 4) is 5.75 Å². The van der Waals surface area contributed by atoms with Crippen LogP contribution in [0.5, 0.6) is 5.75 Å². The smallest absolute Gasteiger partial charge is 0.166 e. The van der Waals surface area contributed by atoms with Crippen LogP contribution in [0.4, 0.5) is 0 Å². The molecule has 0 radical (unpaired) electrons. The first kappa shape index (κ1) is 25.0. The Morgan fingerprint density at radius 2 is 1.45 bits per heavy atom. The zero-order valence-electron chi connectivity index (χ0n) is 19.4. The zero-order valence-corrected chi connectivity index (χ0v) is 20.2. The van der Waals surface area contributed by atoms with Crippen LogP contribution in [-0.4, -0.2) is 30.3 Å². The molecule has 3 aromatic rings. The Kier molecular flexibility index (Phi) is 9.53. The van der Waals surface area contributed by atoms with Crippen molar-refractivity contribution in [1.29, 1.82) is 0 Å². The van der Waals surface area contributed by atoms with Crippen molar-refractivity contribution in [2.75, 3.05) is 19.6 Å². The van der Waals surface area contributed by atoms with E-state index in [2.05, 4.69) is 42.2 Å². The van der Waals surface area contributed by atoms with Crippen LogP contribution in [0.15, 0.2) is 84.9 Å². The van der Waals surface area contributed by atoms with Gasteiger partial charge in [0.15, 0.2) is 5.78 Å². The van der Waals surface area contributed by atoms with Gasteiger partial charge in [-0.3, -0.25) is 4.79 Å². The Bertz CT molecular complexity index is 968. The predicted octanol–water partition coefficient (Wildman–Crippen LogP) is 6.46. The van der Waals surface area contributed by atoms with Crippen molar-refractivity contribution in [1.82, 2.24) is 4.90 Å². The van der Waals surface area contributed by atoms with Gasteiger partial charge in [0.2, 0.25) is 0 Å². The summed E-state index contributed by atoms with van der Waals surface area (Å²) in [4.78, 5) is 15.4. The summed E-state index contributed by atoms with van der Waals surface area (Å²) in [5.74, 6) is 1.75. The summed E-state index contributed by atoms with van der Waals surface area (Å²) in [5, 5.41) is 0. The van der Waals surface area contributed by atoms with Crippen LogP contribution in [-0.2, 0) is 13.0 Å². The maximum atomic E-state index is 12.9. The third kappa shape index (κ3) is 7.45. The van der Waals surface area contributed by atoms with Crippen molar-refractivity contribution in [3.63, 3.8) is 0 Å². The first-order valence-corrected chi connectivity index (χ1v) is 11.7. The molecule has 0 aliphatic carbocycles. The van der Waals surface area contributed by atoms with E-state index >= 15 is 0 Å². The molecule has 0 saturated carbocycles. The van der Waals surface area contributed by atoms with Gasteiger partial charge in [0.1, 0.15) is 12.4 Å². The van der Waals surface area contributed by atoms with Crippen molar-refractivity contribution in [2.24, 2.45) is 11.8 Å². The summed E-state index contributed by atoms with van der Waals surface area (Å²) in [6, 6.07) is 28.5. The second kappa shape index (κ2) is 12.6. The fraction of sp³-hybridized carbons (Fsp3) is 0.345. The van der Waals surface area contributed by atoms with Crippen LogP contribution >= 0.6 is 12.4 Å². The molecule has 1 saturated heterocycles. The topological polar surface area (TPSA) is 29.5 Å². The SMILES string of the molecule is C[C@H](CN1CCC(Cc2ccccc2)CC1)C(=O)c1ccc(OCc2ccccc2)cc1.Cl. The molecule has 1 aliphatic heterocycles. The van der Waals surface area contributed by atoms with Crippen LogP contribution in [0.3, 0.4) is 0 Å². The van der Waals surface area contributed by atoms with Gasteiger partial charge in [0, 0.05) is 18.0 Å². The summed E-state index contributed by atoms with van der Waals surface area (Å²) in [6.45, 7) is 5.59. The summed E-state index contributed by atoms with van der Waals surface area (Å²) in [5.41, 5.74) is 3.34. The monoisotopic (exact) mass is 463 g/mol. The third-order valence-electron chi connectivity index (χ3n) is 6.44. The van der Waals surface area contributed by atoms with E-state index in [1.807, 2.05) is 54.6 Å². The number of Topliss-reactive ketones (excluding diaryl/α,β-unsaturated/α-hetero) is 1. The first-order chi connectivity index (χ1) is 15.7. The van der Waals surface area contributed by atoms with E-state index in [1.165, 1.54) is 24.8 Å². The fourth-order valence-electron chi connectivity index (χ4n) is 4.53. The Morgan fingerprint density at radius 1 is 0.879 bits per heavy atom. The van der Waals surface area contributed by atoms with Crippen molar-refractivity contribution >= 4 is 18.2 Å². The molecule has 0 bridgehead atoms. The van der Waals surface area contributed by atoms with E-state index in [4.69, 9.17) is 4.74 Å². The minimum absolute atomic E-state index is 0. The molecule has 3 aromatic carbocycles. The fourth-order valence-corrected chi connectivity index (χ4v) is 4.53. The van der Waals surface area contributed by atoms with E-state index in [0.717, 1.165) is 42.4 Å². The minimum atomic E-state index is -0.00300. The highest BCUT2D eigenvalue weighted by Gasteiger charge is 2.23. The van der Waals surface area contributed by atoms with E-state index in [-0.39, 0.29) is 24.1 Å². The maximum absolute atomic E-state index is 12.9. The van der Waals surface area contributed by atoms with Gasteiger partial charge < -0.3 is 9.64 Å². The molecule has 1 atom stereocenters. The largest absolute Gasteiger partial charge is 0.489 e. The van der Waals surface area contributed by atoms with Crippen LogP contribution in [0.25, 0.3) is 0 Å². The Morgan fingerprint density at radius 3 is 2.06 bits per heavy atom. The molecule has 1 heterocycles. The number of hydrogen-bond donors (Lipinski definition) is 0. The van der Waals surface area contributed by atoms with Gasteiger partial charge in [-0.05, 0) is 73.7 Å². The molecule has 3 nitrogen and oxygen atoms in total. The normalized spacial score (nSPS) is 15.4. The molecule has 4 rings (SSSR count). The highest BCUT2D eigenvalue weighted by Crippen LogP contribution is 2.23. The standard InChI is InChI=1S/C29H33NO2.ClH/c1-23(21-30-18-16-25(17-19-30)20-24-8-4-2-5-9-24)29(31)27-12-14-28(15-13-27)32-22-26-10-6-3-7-11-26;/h2-15,23,25H,16-22H2,1H3;1H/t23-;/m1./s1. The lowest BCUT2D eigenvalue weighted by molar-refractivity contribution is 0.0869. The second-order valence-electron chi connectivity index (χ2n) is 9.00. The van der Waals surface area contributed by atoms with Crippen LogP contribution < -0.4 is 4.74 Å². The molecule has 33 heavy (non-hydrogen) atoms. The van der Waals surface area contributed by atoms with Gasteiger partial charge in [-0.25, -0.2) is 0 Å². The molecule has 0 unspecified atom stereocenters. The highest BCUT2D eigenvalue weighted by molar-refractivity contribution is 5.97. The van der Waals surface area contributed by atoms with Crippen molar-refractivity contribution < 1.29 is 9.53 Å². The molecule has 0 N–H and O–H groups in total. The summed E-state index contributed by atoms with van der Waals surface area (Å²) < 4.78 is 5.84. The quantitative estimate of drug-likeness (QED) is 0.341. The van der Waals surface area contributed by atoms with Gasteiger partial charge in [-0.2, -0.15) is 0 Å². The first-order valence-electron chi connectivity index (χ1n) is 11.7. The molecule has 0 amide bonds. The molecule has 174 valence electrons. The summed E-state index contributed by atoms with van der Waals surface area (Å²) >= 11 is 0. The maximum Gasteiger partial charge on any atom is 0.166 e. The van der Waals surface area contributed by atoms with Gasteiger partial charge >= 0.3 is 0 Å². The number of likely N-dealkylation sites (tertiary alicyclic amines) is 1. The van der Waals surface area contributed by atoms with Crippen molar-refractivity contribution in [3.05, 3.63) is 102 Å². The molecule has 1 aliphatic rings. The lowest BCUT2D eigenvalue weighted by atomic mass is 9.89. The molecule has 0 aromatic heterocycles. The summed E-state index contributed by atoms with van der Waals surface area (Å²) in [7, 11) is 0. The average Bonchev–Trinajstić information content (AvgIpc) is 2.85. The van der Waals surface area contributed by atoms with E-state index in [9.17, 15) is 4.79 Å². The van der Waals surface area contributed by atoms with Gasteiger partial charge in [-0.15, -0.1) is 12.4 Å². The lowest BCUT2D eigenvalue weighted by Crippen LogP contribution is -2.38. The molecular weight excluding hydrogens is 430 g/mol. The predicted molar refractivity (Wildman–Crippen MR) is 137 cm³/mol. The lowest BCUT2D eigenvalue weighted by Gasteiger charge is -2.33. The zero-order chi connectivity index (χ0) is 22.2. The van der Waals surface area contributed by atoms with Crippen LogP contribution in [0.1, 0.15) is 41.3 Å². The number of benzene rings is 3. The van der Waals surface area contributed by atoms with Crippen LogP contribution in [0, 0.1) is 11.8 Å². The second-order valence-corrected chi connectivity index (χ2v) is 9.00. The Hall–Kier alpha value is -2.62. The number of rotatable bonds is 9. The molecule has 4 heteroatoms. The number of piperidine rings is 1. The molecular formula is C29H34ClNO2. The molecule has 1 fully saturated rings. The van der Waals surface area contributed by atoms with Gasteiger partial charge in [-0.1, -0.05) is 67.6 Å². The number of carbonyl (C=O) groups is 1. The number of ketones is 1. The molecule has 0 spiro atoms. The summed E-state index contributed by atoms with van der Waals surface area (Å²) in [6.07, 6.45) is 3.59. The van der Waals surface area contributed by atoms with E-state index < -0.39 is 0 Å². The number of hydrogen-bond acceptors (Lipinski definition) is 3. The van der Waals surface area contributed by atoms with Crippen LogP contribution in [0.2, 0.25) is 0 Å². The van der Waals surface area contributed by atoms with Crippen molar-refractivity contribution in [2.45, 2.75) is 32.8 Å². The average molecular weight is 464 g/mol. The Balaban J connectivity index is 0.00000306. The van der Waals surface area contributed by atoms with E-state index in [0.29, 0.717) is 6.61 Å². The highest BCUT2D eigenvalue weighted by atomic mass is 35.5. The Labute approximate surface area is 204 Å². The number of halogens is 1. The van der Waals surface area contributed by atoms with Gasteiger partial charge in [0.25, 0.3) is 0 Å². The number of carbonyl (C=O) groups excluding carboxylic acids is 1. The van der Waals surface area contributed by atoms with Gasteiger partial charge in [0.05, 0.1) is 0 Å². The number of ether oxygens (including phenoxy) is 1. The van der Waals surface area contributed by atoms with E-state index in [1.54, 1.807) is 0 Å². The third-order valence-corrected chi connectivity index (χ3v) is 6.44.